The minimum absolute atomic E-state index is 0.107. The Morgan fingerprint density at radius 1 is 1.35 bits per heavy atom. The predicted octanol–water partition coefficient (Wildman–Crippen LogP) is 2.40. The van der Waals surface area contributed by atoms with Gasteiger partial charge < -0.3 is 5.11 Å². The van der Waals surface area contributed by atoms with Crippen molar-refractivity contribution < 1.29 is 9.90 Å². The summed E-state index contributed by atoms with van der Waals surface area (Å²) in [5.74, 6) is -0.995. The molecule has 0 fully saturated rings. The Morgan fingerprint density at radius 3 is 2.65 bits per heavy atom. The van der Waals surface area contributed by atoms with Crippen LogP contribution in [-0.4, -0.2) is 20.9 Å². The molecule has 0 saturated heterocycles. The van der Waals surface area contributed by atoms with Gasteiger partial charge in [-0.2, -0.15) is 5.10 Å². The molecular formula is C13H14N2O2. The molecule has 0 radical (unpaired) electrons. The number of aryl methyl sites for hydroxylation is 2. The van der Waals surface area contributed by atoms with Gasteiger partial charge in [0.05, 0.1) is 0 Å². The molecule has 4 heteroatoms. The number of hydrogen-bond acceptors (Lipinski definition) is 2. The van der Waals surface area contributed by atoms with Crippen molar-refractivity contribution in [1.82, 2.24) is 9.78 Å². The zero-order chi connectivity index (χ0) is 12.6. The highest BCUT2D eigenvalue weighted by Gasteiger charge is 2.19. The van der Waals surface area contributed by atoms with E-state index in [4.69, 9.17) is 5.11 Å². The zero-order valence-electron chi connectivity index (χ0n) is 10.1. The largest absolute Gasteiger partial charge is 0.476 e. The monoisotopic (exact) mass is 230 g/mol. The van der Waals surface area contributed by atoms with Gasteiger partial charge in [0, 0.05) is 18.3 Å². The smallest absolute Gasteiger partial charge is 0.357 e. The van der Waals surface area contributed by atoms with E-state index < -0.39 is 5.97 Å². The average molecular weight is 230 g/mol. The van der Waals surface area contributed by atoms with Crippen LogP contribution in [-0.2, 0) is 7.05 Å². The van der Waals surface area contributed by atoms with Gasteiger partial charge in [-0.15, -0.1) is 0 Å². The minimum Gasteiger partial charge on any atom is -0.476 e. The number of carbonyl (C=O) groups is 1. The normalized spacial score (nSPS) is 10.5. The van der Waals surface area contributed by atoms with Crippen LogP contribution in [0.15, 0.2) is 24.3 Å². The molecule has 0 atom stereocenters. The van der Waals surface area contributed by atoms with Crippen LogP contribution in [0.5, 0.6) is 0 Å². The molecule has 1 N–H and O–H groups in total. The minimum atomic E-state index is -0.995. The van der Waals surface area contributed by atoms with Crippen LogP contribution >= 0.6 is 0 Å². The number of nitrogens with zero attached hydrogens (tertiary/aromatic N) is 2. The van der Waals surface area contributed by atoms with Gasteiger partial charge in [0.15, 0.2) is 5.69 Å². The van der Waals surface area contributed by atoms with E-state index in [1.807, 2.05) is 38.1 Å². The summed E-state index contributed by atoms with van der Waals surface area (Å²) in [7, 11) is 1.75. The predicted molar refractivity (Wildman–Crippen MR) is 65.1 cm³/mol. The highest BCUT2D eigenvalue weighted by Crippen LogP contribution is 2.27. The summed E-state index contributed by atoms with van der Waals surface area (Å²) in [5, 5.41) is 13.2. The molecule has 88 valence electrons. The first-order valence-corrected chi connectivity index (χ1v) is 5.34. The maximum atomic E-state index is 11.2. The second-order valence-corrected chi connectivity index (χ2v) is 4.11. The van der Waals surface area contributed by atoms with E-state index in [0.717, 1.165) is 16.8 Å². The van der Waals surface area contributed by atoms with Gasteiger partial charge in [-0.25, -0.2) is 4.79 Å². The van der Waals surface area contributed by atoms with Crippen molar-refractivity contribution in [2.45, 2.75) is 13.8 Å². The molecule has 1 aromatic carbocycles. The molecular weight excluding hydrogens is 216 g/mol. The fourth-order valence-electron chi connectivity index (χ4n) is 1.90. The SMILES string of the molecule is Cc1cccc(-c2c(C(=O)O)nn(C)c2C)c1. The topological polar surface area (TPSA) is 55.1 Å². The summed E-state index contributed by atoms with van der Waals surface area (Å²) in [5.41, 5.74) is 3.65. The molecule has 0 saturated carbocycles. The van der Waals surface area contributed by atoms with Crippen molar-refractivity contribution in [3.63, 3.8) is 0 Å². The molecule has 17 heavy (non-hydrogen) atoms. The summed E-state index contributed by atoms with van der Waals surface area (Å²) in [6.07, 6.45) is 0. The lowest BCUT2D eigenvalue weighted by atomic mass is 10.0. The summed E-state index contributed by atoms with van der Waals surface area (Å²) >= 11 is 0. The first-order valence-electron chi connectivity index (χ1n) is 5.34. The van der Waals surface area contributed by atoms with Crippen molar-refractivity contribution in [3.05, 3.63) is 41.2 Å². The van der Waals surface area contributed by atoms with Gasteiger partial charge in [-0.1, -0.05) is 29.8 Å². The van der Waals surface area contributed by atoms with E-state index in [1.54, 1.807) is 11.7 Å². The Morgan fingerprint density at radius 2 is 2.06 bits per heavy atom. The molecule has 4 nitrogen and oxygen atoms in total. The lowest BCUT2D eigenvalue weighted by molar-refractivity contribution is 0.0690. The third-order valence-corrected chi connectivity index (χ3v) is 2.84. The van der Waals surface area contributed by atoms with Crippen LogP contribution < -0.4 is 0 Å². The van der Waals surface area contributed by atoms with Crippen LogP contribution in [0.25, 0.3) is 11.1 Å². The Bertz CT molecular complexity index is 585. The Balaban J connectivity index is 2.70. The highest BCUT2D eigenvalue weighted by atomic mass is 16.4. The summed E-state index contributed by atoms with van der Waals surface area (Å²) in [6, 6.07) is 7.78. The maximum Gasteiger partial charge on any atom is 0.357 e. The molecule has 0 aliphatic rings. The molecule has 0 aliphatic carbocycles. The zero-order valence-corrected chi connectivity index (χ0v) is 10.1. The number of rotatable bonds is 2. The first kappa shape index (κ1) is 11.4. The van der Waals surface area contributed by atoms with Crippen molar-refractivity contribution in [1.29, 1.82) is 0 Å². The van der Waals surface area contributed by atoms with Gasteiger partial charge >= 0.3 is 5.97 Å². The highest BCUT2D eigenvalue weighted by molar-refractivity contribution is 5.94. The quantitative estimate of drug-likeness (QED) is 0.861. The van der Waals surface area contributed by atoms with Crippen molar-refractivity contribution in [2.75, 3.05) is 0 Å². The Hall–Kier alpha value is -2.10. The van der Waals surface area contributed by atoms with Crippen molar-refractivity contribution in [3.8, 4) is 11.1 Å². The third-order valence-electron chi connectivity index (χ3n) is 2.84. The van der Waals surface area contributed by atoms with E-state index in [-0.39, 0.29) is 5.69 Å². The van der Waals surface area contributed by atoms with Crippen LogP contribution in [0.1, 0.15) is 21.7 Å². The van der Waals surface area contributed by atoms with Crippen LogP contribution in [0, 0.1) is 13.8 Å². The van der Waals surface area contributed by atoms with E-state index in [9.17, 15) is 4.79 Å². The molecule has 0 spiro atoms. The van der Waals surface area contributed by atoms with Gasteiger partial charge in [-0.05, 0) is 19.4 Å². The van der Waals surface area contributed by atoms with Crippen LogP contribution in [0.4, 0.5) is 0 Å². The lowest BCUT2D eigenvalue weighted by Crippen LogP contribution is -2.00. The first-order chi connectivity index (χ1) is 8.00. The van der Waals surface area contributed by atoms with E-state index >= 15 is 0 Å². The fourth-order valence-corrected chi connectivity index (χ4v) is 1.90. The van der Waals surface area contributed by atoms with Gasteiger partial charge in [0.25, 0.3) is 0 Å². The molecule has 0 bridgehead atoms. The van der Waals surface area contributed by atoms with E-state index in [2.05, 4.69) is 5.10 Å². The molecule has 1 aromatic heterocycles. The molecule has 2 rings (SSSR count). The van der Waals surface area contributed by atoms with Gasteiger partial charge in [0.2, 0.25) is 0 Å². The fraction of sp³-hybridized carbons (Fsp3) is 0.231. The van der Waals surface area contributed by atoms with Crippen molar-refractivity contribution >= 4 is 5.97 Å². The molecule has 2 aromatic rings. The molecule has 0 aliphatic heterocycles. The Kier molecular flexibility index (Phi) is 2.71. The summed E-state index contributed by atoms with van der Waals surface area (Å²) in [4.78, 5) is 11.2. The van der Waals surface area contributed by atoms with Crippen molar-refractivity contribution in [2.24, 2.45) is 7.05 Å². The maximum absolute atomic E-state index is 11.2. The number of aromatic carboxylic acids is 1. The van der Waals surface area contributed by atoms with Crippen LogP contribution in [0.2, 0.25) is 0 Å². The number of benzene rings is 1. The average Bonchev–Trinajstić information content (AvgIpc) is 2.56. The number of aromatic nitrogens is 2. The second-order valence-electron chi connectivity index (χ2n) is 4.11. The molecule has 0 amide bonds. The van der Waals surface area contributed by atoms with Crippen LogP contribution in [0.3, 0.4) is 0 Å². The molecule has 0 unspecified atom stereocenters. The summed E-state index contributed by atoms with van der Waals surface area (Å²) in [6.45, 7) is 3.85. The number of carboxylic acids is 1. The van der Waals surface area contributed by atoms with E-state index in [0.29, 0.717) is 5.56 Å². The molecule has 1 heterocycles. The second kappa shape index (κ2) is 4.05. The third kappa shape index (κ3) is 1.93. The van der Waals surface area contributed by atoms with Gasteiger partial charge in [-0.3, -0.25) is 4.68 Å². The van der Waals surface area contributed by atoms with Gasteiger partial charge in [0.1, 0.15) is 0 Å². The van der Waals surface area contributed by atoms with E-state index in [1.165, 1.54) is 0 Å². The number of carboxylic acid groups (broad SMARTS) is 1. The summed E-state index contributed by atoms with van der Waals surface area (Å²) < 4.78 is 1.60. The lowest BCUT2D eigenvalue weighted by Gasteiger charge is -2.03. The standard InChI is InChI=1S/C13H14N2O2/c1-8-5-4-6-10(7-8)11-9(2)15(3)14-12(11)13(16)17/h4-7H,1-3H3,(H,16,17). The number of hydrogen-bond donors (Lipinski definition) is 1. The Labute approximate surface area is 99.5 Å².